The number of halogens is 1. The first-order valence-corrected chi connectivity index (χ1v) is 7.84. The SMILES string of the molecule is Cc1[nH]nc2ncc(NC(=O)CCCc3ccc(Cl)cc3)cc12. The molecule has 0 atom stereocenters. The zero-order valence-electron chi connectivity index (χ0n) is 12.8. The Labute approximate surface area is 139 Å². The number of carbonyl (C=O) groups excluding carboxylic acids is 1. The highest BCUT2D eigenvalue weighted by Crippen LogP contribution is 2.18. The number of carbonyl (C=O) groups is 1. The lowest BCUT2D eigenvalue weighted by Crippen LogP contribution is -2.11. The van der Waals surface area contributed by atoms with Gasteiger partial charge >= 0.3 is 0 Å². The normalized spacial score (nSPS) is 10.9. The summed E-state index contributed by atoms with van der Waals surface area (Å²) in [5.74, 6) is -0.0127. The third kappa shape index (κ3) is 3.87. The van der Waals surface area contributed by atoms with E-state index in [0.29, 0.717) is 17.8 Å². The Balaban J connectivity index is 1.53. The van der Waals surface area contributed by atoms with Gasteiger partial charge in [-0.1, -0.05) is 23.7 Å². The van der Waals surface area contributed by atoms with Gasteiger partial charge in [-0.2, -0.15) is 5.10 Å². The molecule has 1 aromatic carbocycles. The van der Waals surface area contributed by atoms with Crippen molar-refractivity contribution in [2.75, 3.05) is 5.32 Å². The topological polar surface area (TPSA) is 70.7 Å². The van der Waals surface area contributed by atoms with Gasteiger partial charge in [0.1, 0.15) is 0 Å². The van der Waals surface area contributed by atoms with Crippen molar-refractivity contribution in [3.05, 3.63) is 52.8 Å². The molecular weight excluding hydrogens is 312 g/mol. The van der Waals surface area contributed by atoms with Gasteiger partial charge < -0.3 is 5.32 Å². The average Bonchev–Trinajstić information content (AvgIpc) is 2.90. The van der Waals surface area contributed by atoms with Gasteiger partial charge in [0.25, 0.3) is 0 Å². The smallest absolute Gasteiger partial charge is 0.224 e. The third-order valence-electron chi connectivity index (χ3n) is 3.67. The van der Waals surface area contributed by atoms with E-state index in [4.69, 9.17) is 11.6 Å². The molecule has 0 unspecified atom stereocenters. The zero-order chi connectivity index (χ0) is 16.2. The second kappa shape index (κ2) is 6.79. The molecule has 3 rings (SSSR count). The Morgan fingerprint density at radius 2 is 2.09 bits per heavy atom. The van der Waals surface area contributed by atoms with Gasteiger partial charge in [0, 0.05) is 22.5 Å². The van der Waals surface area contributed by atoms with E-state index in [-0.39, 0.29) is 5.91 Å². The Morgan fingerprint density at radius 3 is 2.87 bits per heavy atom. The molecule has 0 fully saturated rings. The molecule has 6 heteroatoms. The Morgan fingerprint density at radius 1 is 1.30 bits per heavy atom. The fourth-order valence-electron chi connectivity index (χ4n) is 2.42. The maximum atomic E-state index is 12.0. The molecule has 0 bridgehead atoms. The Kier molecular flexibility index (Phi) is 4.57. The summed E-state index contributed by atoms with van der Waals surface area (Å²) in [5.41, 5.74) is 3.47. The van der Waals surface area contributed by atoms with E-state index in [2.05, 4.69) is 20.5 Å². The van der Waals surface area contributed by atoms with Gasteiger partial charge in [0.15, 0.2) is 5.65 Å². The predicted octanol–water partition coefficient (Wildman–Crippen LogP) is 3.88. The van der Waals surface area contributed by atoms with E-state index in [0.717, 1.165) is 28.9 Å². The molecular formula is C17H17ClN4O. The highest BCUT2D eigenvalue weighted by molar-refractivity contribution is 6.30. The van der Waals surface area contributed by atoms with E-state index in [1.807, 2.05) is 37.3 Å². The minimum absolute atomic E-state index is 0.0127. The summed E-state index contributed by atoms with van der Waals surface area (Å²) < 4.78 is 0. The number of aromatic amines is 1. The van der Waals surface area contributed by atoms with E-state index in [9.17, 15) is 4.79 Å². The molecule has 0 aliphatic carbocycles. The number of rotatable bonds is 5. The molecule has 2 heterocycles. The van der Waals surface area contributed by atoms with Crippen molar-refractivity contribution in [1.82, 2.24) is 15.2 Å². The van der Waals surface area contributed by atoms with Crippen LogP contribution in [-0.4, -0.2) is 21.1 Å². The first-order chi connectivity index (χ1) is 11.1. The van der Waals surface area contributed by atoms with Crippen LogP contribution >= 0.6 is 11.6 Å². The van der Waals surface area contributed by atoms with Gasteiger partial charge in [-0.05, 0) is 43.5 Å². The van der Waals surface area contributed by atoms with Crippen molar-refractivity contribution < 1.29 is 4.79 Å². The molecule has 0 radical (unpaired) electrons. The largest absolute Gasteiger partial charge is 0.325 e. The first kappa shape index (κ1) is 15.5. The molecule has 0 saturated carbocycles. The highest BCUT2D eigenvalue weighted by atomic mass is 35.5. The molecule has 0 aliphatic heterocycles. The number of hydrogen-bond donors (Lipinski definition) is 2. The number of anilines is 1. The third-order valence-corrected chi connectivity index (χ3v) is 3.92. The summed E-state index contributed by atoms with van der Waals surface area (Å²) in [6.45, 7) is 1.93. The van der Waals surface area contributed by atoms with Crippen LogP contribution in [0.2, 0.25) is 5.02 Å². The van der Waals surface area contributed by atoms with Crippen LogP contribution in [0, 0.1) is 6.92 Å². The molecule has 2 aromatic heterocycles. The number of nitrogens with zero attached hydrogens (tertiary/aromatic N) is 2. The summed E-state index contributed by atoms with van der Waals surface area (Å²) in [6, 6.07) is 9.59. The van der Waals surface area contributed by atoms with Gasteiger partial charge in [-0.15, -0.1) is 0 Å². The van der Waals surface area contributed by atoms with Crippen molar-refractivity contribution in [3.8, 4) is 0 Å². The molecule has 0 spiro atoms. The second-order valence-electron chi connectivity index (χ2n) is 5.47. The van der Waals surface area contributed by atoms with Crippen LogP contribution in [0.3, 0.4) is 0 Å². The van der Waals surface area contributed by atoms with E-state index < -0.39 is 0 Å². The Hall–Kier alpha value is -2.40. The maximum Gasteiger partial charge on any atom is 0.224 e. The Bertz CT molecular complexity index is 826. The summed E-state index contributed by atoms with van der Waals surface area (Å²) in [5, 5.41) is 11.5. The number of hydrogen-bond acceptors (Lipinski definition) is 3. The van der Waals surface area contributed by atoms with Crippen LogP contribution in [0.15, 0.2) is 36.5 Å². The highest BCUT2D eigenvalue weighted by Gasteiger charge is 2.07. The second-order valence-corrected chi connectivity index (χ2v) is 5.91. The summed E-state index contributed by atoms with van der Waals surface area (Å²) in [6.07, 6.45) is 3.72. The van der Waals surface area contributed by atoms with Gasteiger partial charge in [0.05, 0.1) is 11.9 Å². The van der Waals surface area contributed by atoms with E-state index in [1.165, 1.54) is 5.56 Å². The molecule has 1 amide bonds. The summed E-state index contributed by atoms with van der Waals surface area (Å²) in [7, 11) is 0. The lowest BCUT2D eigenvalue weighted by molar-refractivity contribution is -0.116. The molecule has 118 valence electrons. The van der Waals surface area contributed by atoms with Crippen LogP contribution in [0.5, 0.6) is 0 Å². The van der Waals surface area contributed by atoms with Gasteiger partial charge in [0.2, 0.25) is 5.91 Å². The minimum Gasteiger partial charge on any atom is -0.325 e. The van der Waals surface area contributed by atoms with Crippen molar-refractivity contribution >= 4 is 34.2 Å². The average molecular weight is 329 g/mol. The van der Waals surface area contributed by atoms with Gasteiger partial charge in [-0.25, -0.2) is 4.98 Å². The van der Waals surface area contributed by atoms with Crippen molar-refractivity contribution in [2.45, 2.75) is 26.2 Å². The summed E-state index contributed by atoms with van der Waals surface area (Å²) >= 11 is 5.85. The fourth-order valence-corrected chi connectivity index (χ4v) is 2.54. The van der Waals surface area contributed by atoms with Crippen LogP contribution < -0.4 is 5.32 Å². The summed E-state index contributed by atoms with van der Waals surface area (Å²) in [4.78, 5) is 16.3. The number of nitrogens with one attached hydrogen (secondary N) is 2. The molecule has 0 aliphatic rings. The van der Waals surface area contributed by atoms with E-state index in [1.54, 1.807) is 6.20 Å². The first-order valence-electron chi connectivity index (χ1n) is 7.47. The van der Waals surface area contributed by atoms with Crippen molar-refractivity contribution in [3.63, 3.8) is 0 Å². The molecule has 23 heavy (non-hydrogen) atoms. The zero-order valence-corrected chi connectivity index (χ0v) is 13.5. The minimum atomic E-state index is -0.0127. The standard InChI is InChI=1S/C17H17ClN4O/c1-11-15-9-14(10-19-17(15)22-21-11)20-16(23)4-2-3-12-5-7-13(18)8-6-12/h5-10H,2-4H2,1H3,(H,20,23)(H,19,21,22). The maximum absolute atomic E-state index is 12.0. The van der Waals surface area contributed by atoms with Crippen LogP contribution in [-0.2, 0) is 11.2 Å². The number of aromatic nitrogens is 3. The van der Waals surface area contributed by atoms with Crippen molar-refractivity contribution in [1.29, 1.82) is 0 Å². The number of fused-ring (bicyclic) bond motifs is 1. The number of pyridine rings is 1. The van der Waals surface area contributed by atoms with Crippen LogP contribution in [0.4, 0.5) is 5.69 Å². The molecule has 5 nitrogen and oxygen atoms in total. The molecule has 2 N–H and O–H groups in total. The van der Waals surface area contributed by atoms with Crippen molar-refractivity contribution in [2.24, 2.45) is 0 Å². The lowest BCUT2D eigenvalue weighted by Gasteiger charge is -2.05. The molecule has 0 saturated heterocycles. The number of amides is 1. The van der Waals surface area contributed by atoms with Gasteiger partial charge in [-0.3, -0.25) is 9.89 Å². The number of aryl methyl sites for hydroxylation is 2. The molecule has 3 aromatic rings. The lowest BCUT2D eigenvalue weighted by atomic mass is 10.1. The van der Waals surface area contributed by atoms with Crippen LogP contribution in [0.25, 0.3) is 11.0 Å². The predicted molar refractivity (Wildman–Crippen MR) is 91.6 cm³/mol. The fraction of sp³-hybridized carbons (Fsp3) is 0.235. The number of benzene rings is 1. The van der Waals surface area contributed by atoms with Crippen LogP contribution in [0.1, 0.15) is 24.1 Å². The number of H-pyrrole nitrogens is 1. The van der Waals surface area contributed by atoms with E-state index >= 15 is 0 Å². The monoisotopic (exact) mass is 328 g/mol. The quantitative estimate of drug-likeness (QED) is 0.746.